The number of aromatic hydroxyl groups is 2. The molecule has 0 atom stereocenters. The number of hydrogen-bond donors (Lipinski definition) is 2. The zero-order valence-corrected chi connectivity index (χ0v) is 11.4. The van der Waals surface area contributed by atoms with Crippen molar-refractivity contribution in [1.82, 2.24) is 4.57 Å². The summed E-state index contributed by atoms with van der Waals surface area (Å²) in [6, 6.07) is 20.6. The standard InChI is InChI=1S/C16H13NO2S/c18-15-11-14(20-13-9-5-2-6-10-13)16(19)17(15)12-7-3-1-4-8-12/h1-11,18-19H. The first-order valence-electron chi connectivity index (χ1n) is 6.17. The fourth-order valence-electron chi connectivity index (χ4n) is 1.99. The van der Waals surface area contributed by atoms with E-state index in [-0.39, 0.29) is 11.8 Å². The van der Waals surface area contributed by atoms with Gasteiger partial charge in [-0.2, -0.15) is 0 Å². The molecule has 20 heavy (non-hydrogen) atoms. The van der Waals surface area contributed by atoms with Gasteiger partial charge in [0, 0.05) is 11.0 Å². The Labute approximate surface area is 121 Å². The Morgan fingerprint density at radius 2 is 1.40 bits per heavy atom. The van der Waals surface area contributed by atoms with Crippen LogP contribution < -0.4 is 0 Å². The van der Waals surface area contributed by atoms with E-state index < -0.39 is 0 Å². The largest absolute Gasteiger partial charge is 0.494 e. The van der Waals surface area contributed by atoms with Crippen molar-refractivity contribution in [3.8, 4) is 17.4 Å². The Hall–Kier alpha value is -2.33. The van der Waals surface area contributed by atoms with Gasteiger partial charge in [0.2, 0.25) is 5.88 Å². The lowest BCUT2D eigenvalue weighted by molar-refractivity contribution is 0.398. The summed E-state index contributed by atoms with van der Waals surface area (Å²) in [5, 5.41) is 20.3. The van der Waals surface area contributed by atoms with E-state index in [1.807, 2.05) is 60.7 Å². The highest BCUT2D eigenvalue weighted by atomic mass is 32.2. The van der Waals surface area contributed by atoms with E-state index in [4.69, 9.17) is 0 Å². The Kier molecular flexibility index (Phi) is 3.39. The molecule has 1 aromatic heterocycles. The maximum Gasteiger partial charge on any atom is 0.213 e. The number of nitrogens with zero attached hydrogens (tertiary/aromatic N) is 1. The third-order valence-electron chi connectivity index (χ3n) is 2.91. The third kappa shape index (κ3) is 2.38. The molecule has 0 saturated heterocycles. The summed E-state index contributed by atoms with van der Waals surface area (Å²) in [7, 11) is 0. The van der Waals surface area contributed by atoms with E-state index in [9.17, 15) is 10.2 Å². The van der Waals surface area contributed by atoms with Crippen LogP contribution in [-0.2, 0) is 0 Å². The van der Waals surface area contributed by atoms with Crippen LogP contribution in [0.25, 0.3) is 5.69 Å². The molecule has 2 aromatic carbocycles. The number of para-hydroxylation sites is 1. The van der Waals surface area contributed by atoms with Crippen molar-refractivity contribution >= 4 is 11.8 Å². The number of rotatable bonds is 3. The topological polar surface area (TPSA) is 45.4 Å². The normalized spacial score (nSPS) is 10.6. The maximum atomic E-state index is 10.3. The van der Waals surface area contributed by atoms with Crippen LogP contribution >= 0.6 is 11.8 Å². The van der Waals surface area contributed by atoms with Gasteiger partial charge in [0.25, 0.3) is 0 Å². The van der Waals surface area contributed by atoms with Crippen molar-refractivity contribution in [2.45, 2.75) is 9.79 Å². The van der Waals surface area contributed by atoms with Gasteiger partial charge >= 0.3 is 0 Å². The van der Waals surface area contributed by atoms with Crippen LogP contribution in [0.5, 0.6) is 11.8 Å². The molecule has 0 fully saturated rings. The minimum absolute atomic E-state index is 0.0205. The van der Waals surface area contributed by atoms with Gasteiger partial charge in [0.05, 0.1) is 10.6 Å². The van der Waals surface area contributed by atoms with Crippen molar-refractivity contribution in [3.05, 3.63) is 66.7 Å². The maximum absolute atomic E-state index is 10.3. The predicted octanol–water partition coefficient (Wildman–Crippen LogP) is 4.04. The highest BCUT2D eigenvalue weighted by molar-refractivity contribution is 7.99. The molecular formula is C16H13NO2S. The zero-order valence-electron chi connectivity index (χ0n) is 10.6. The molecule has 4 heteroatoms. The molecule has 0 bridgehead atoms. The molecule has 0 radical (unpaired) electrons. The van der Waals surface area contributed by atoms with E-state index in [0.717, 1.165) is 10.6 Å². The van der Waals surface area contributed by atoms with Gasteiger partial charge in [-0.3, -0.25) is 4.57 Å². The molecule has 0 aliphatic carbocycles. The monoisotopic (exact) mass is 283 g/mol. The zero-order chi connectivity index (χ0) is 13.9. The second-order valence-corrected chi connectivity index (χ2v) is 5.39. The van der Waals surface area contributed by atoms with E-state index in [1.165, 1.54) is 16.3 Å². The SMILES string of the molecule is Oc1cc(Sc2ccccc2)c(O)n1-c1ccccc1. The van der Waals surface area contributed by atoms with E-state index >= 15 is 0 Å². The van der Waals surface area contributed by atoms with Crippen molar-refractivity contribution in [3.63, 3.8) is 0 Å². The smallest absolute Gasteiger partial charge is 0.213 e. The molecule has 1 heterocycles. The van der Waals surface area contributed by atoms with Crippen molar-refractivity contribution in [2.24, 2.45) is 0 Å². The van der Waals surface area contributed by atoms with Gasteiger partial charge in [-0.05, 0) is 24.3 Å². The van der Waals surface area contributed by atoms with Crippen LogP contribution in [0.3, 0.4) is 0 Å². The molecular weight excluding hydrogens is 270 g/mol. The van der Waals surface area contributed by atoms with Gasteiger partial charge in [-0.1, -0.05) is 48.2 Å². The Bertz CT molecular complexity index is 708. The summed E-state index contributed by atoms with van der Waals surface area (Å²) < 4.78 is 1.42. The van der Waals surface area contributed by atoms with E-state index in [1.54, 1.807) is 6.07 Å². The summed E-state index contributed by atoms with van der Waals surface area (Å²) in [5.74, 6) is 0.0645. The fraction of sp³-hybridized carbons (Fsp3) is 0. The molecule has 3 rings (SSSR count). The van der Waals surface area contributed by atoms with E-state index in [0.29, 0.717) is 4.90 Å². The minimum atomic E-state index is 0.0205. The molecule has 0 unspecified atom stereocenters. The first kappa shape index (κ1) is 12.7. The molecule has 2 N–H and O–H groups in total. The lowest BCUT2D eigenvalue weighted by Gasteiger charge is -2.06. The third-order valence-corrected chi connectivity index (χ3v) is 3.94. The predicted molar refractivity (Wildman–Crippen MR) is 79.7 cm³/mol. The molecule has 0 spiro atoms. The van der Waals surface area contributed by atoms with Gasteiger partial charge < -0.3 is 10.2 Å². The van der Waals surface area contributed by atoms with Crippen LogP contribution in [0.4, 0.5) is 0 Å². The van der Waals surface area contributed by atoms with Crippen LogP contribution in [-0.4, -0.2) is 14.8 Å². The molecule has 3 nitrogen and oxygen atoms in total. The van der Waals surface area contributed by atoms with Crippen molar-refractivity contribution in [1.29, 1.82) is 0 Å². The molecule has 0 aliphatic heterocycles. The second kappa shape index (κ2) is 5.35. The highest BCUT2D eigenvalue weighted by Crippen LogP contribution is 2.40. The van der Waals surface area contributed by atoms with Gasteiger partial charge in [-0.25, -0.2) is 0 Å². The Morgan fingerprint density at radius 1 is 0.800 bits per heavy atom. The molecule has 3 aromatic rings. The summed E-state index contributed by atoms with van der Waals surface area (Å²) in [6.07, 6.45) is 0. The van der Waals surface area contributed by atoms with Gasteiger partial charge in [0.1, 0.15) is 0 Å². The fourth-order valence-corrected chi connectivity index (χ4v) is 2.88. The lowest BCUT2D eigenvalue weighted by atomic mass is 10.3. The number of hydrogen-bond acceptors (Lipinski definition) is 3. The summed E-state index contributed by atoms with van der Waals surface area (Å²) in [6.45, 7) is 0. The van der Waals surface area contributed by atoms with Gasteiger partial charge in [0.15, 0.2) is 5.88 Å². The quantitative estimate of drug-likeness (QED) is 0.762. The molecule has 0 amide bonds. The minimum Gasteiger partial charge on any atom is -0.494 e. The average molecular weight is 283 g/mol. The first-order valence-corrected chi connectivity index (χ1v) is 6.99. The number of aromatic nitrogens is 1. The van der Waals surface area contributed by atoms with Crippen LogP contribution in [0.2, 0.25) is 0 Å². The molecule has 0 saturated carbocycles. The van der Waals surface area contributed by atoms with Crippen molar-refractivity contribution in [2.75, 3.05) is 0 Å². The van der Waals surface area contributed by atoms with Crippen LogP contribution in [0, 0.1) is 0 Å². The van der Waals surface area contributed by atoms with Gasteiger partial charge in [-0.15, -0.1) is 0 Å². The van der Waals surface area contributed by atoms with Crippen LogP contribution in [0.1, 0.15) is 0 Å². The van der Waals surface area contributed by atoms with Crippen LogP contribution in [0.15, 0.2) is 76.5 Å². The number of benzene rings is 2. The Balaban J connectivity index is 1.99. The second-order valence-electron chi connectivity index (χ2n) is 4.28. The van der Waals surface area contributed by atoms with E-state index in [2.05, 4.69) is 0 Å². The summed E-state index contributed by atoms with van der Waals surface area (Å²) in [4.78, 5) is 1.63. The first-order chi connectivity index (χ1) is 9.75. The Morgan fingerprint density at radius 3 is 2.05 bits per heavy atom. The molecule has 0 aliphatic rings. The van der Waals surface area contributed by atoms with Crippen molar-refractivity contribution < 1.29 is 10.2 Å². The lowest BCUT2D eigenvalue weighted by Crippen LogP contribution is -1.91. The summed E-state index contributed by atoms with van der Waals surface area (Å²) in [5.41, 5.74) is 0.724. The average Bonchev–Trinajstić information content (AvgIpc) is 2.75. The highest BCUT2D eigenvalue weighted by Gasteiger charge is 2.16. The molecule has 100 valence electrons. The summed E-state index contributed by atoms with van der Waals surface area (Å²) >= 11 is 1.41.